The van der Waals surface area contributed by atoms with Crippen LogP contribution in [0.25, 0.3) is 0 Å². The lowest BCUT2D eigenvalue weighted by molar-refractivity contribution is -0.201. The van der Waals surface area contributed by atoms with Gasteiger partial charge in [-0.1, -0.05) is 0 Å². The van der Waals surface area contributed by atoms with Gasteiger partial charge in [0.05, 0.1) is 12.3 Å². The van der Waals surface area contributed by atoms with Crippen molar-refractivity contribution in [1.29, 1.82) is 0 Å². The lowest BCUT2D eigenvalue weighted by Gasteiger charge is -2.27. The first-order valence-corrected chi connectivity index (χ1v) is 10.3. The fourth-order valence-corrected chi connectivity index (χ4v) is 4.04. The van der Waals surface area contributed by atoms with Gasteiger partial charge in [0.2, 0.25) is 0 Å². The van der Waals surface area contributed by atoms with Crippen molar-refractivity contribution in [3.63, 3.8) is 0 Å². The highest BCUT2D eigenvalue weighted by Gasteiger charge is 2.48. The summed E-state index contributed by atoms with van der Waals surface area (Å²) in [7, 11) is -4.76. The van der Waals surface area contributed by atoms with Crippen molar-refractivity contribution in [2.45, 2.75) is 50.2 Å². The molecule has 1 unspecified atom stereocenters. The largest absolute Gasteiger partial charge is 0.336 e. The van der Waals surface area contributed by atoms with Crippen molar-refractivity contribution in [3.05, 3.63) is 12.2 Å². The maximum absolute atomic E-state index is 12.2. The minimum Gasteiger partial charge on any atom is -0.330 e. The Morgan fingerprint density at radius 2 is 1.82 bits per heavy atom. The van der Waals surface area contributed by atoms with Crippen molar-refractivity contribution in [2.24, 2.45) is 11.8 Å². The Kier molecular flexibility index (Phi) is 7.19. The average molecular weight is 415 g/mol. The second kappa shape index (κ2) is 9.20. The SMILES string of the molecule is O=C/C=C\C(=O)CCC1CCC(C(=O)ON2C(=O)CC(S(=O)(=O)O)C2=O)CC1. The summed E-state index contributed by atoms with van der Waals surface area (Å²) in [6, 6.07) is 0. The predicted molar refractivity (Wildman–Crippen MR) is 92.8 cm³/mol. The van der Waals surface area contributed by atoms with Crippen LogP contribution in [0.4, 0.5) is 0 Å². The Balaban J connectivity index is 1.82. The van der Waals surface area contributed by atoms with Gasteiger partial charge in [0, 0.05) is 6.42 Å². The van der Waals surface area contributed by atoms with Gasteiger partial charge in [-0.25, -0.2) is 4.79 Å². The molecule has 1 atom stereocenters. The van der Waals surface area contributed by atoms with E-state index in [1.165, 1.54) is 6.08 Å². The van der Waals surface area contributed by atoms with Crippen LogP contribution in [0.5, 0.6) is 0 Å². The monoisotopic (exact) mass is 415 g/mol. The van der Waals surface area contributed by atoms with E-state index in [-0.39, 0.29) is 16.8 Å². The maximum Gasteiger partial charge on any atom is 0.336 e. The fraction of sp³-hybridized carbons (Fsp3) is 0.588. The summed E-state index contributed by atoms with van der Waals surface area (Å²) >= 11 is 0. The number of aldehydes is 1. The third-order valence-electron chi connectivity index (χ3n) is 4.94. The molecule has 2 fully saturated rings. The number of ketones is 1. The maximum atomic E-state index is 12.2. The molecule has 1 aliphatic carbocycles. The second-order valence-electron chi connectivity index (χ2n) is 6.86. The Morgan fingerprint density at radius 3 is 2.36 bits per heavy atom. The Morgan fingerprint density at radius 1 is 1.18 bits per heavy atom. The van der Waals surface area contributed by atoms with Gasteiger partial charge in [-0.2, -0.15) is 8.42 Å². The molecule has 0 aromatic rings. The van der Waals surface area contributed by atoms with Crippen LogP contribution >= 0.6 is 0 Å². The van der Waals surface area contributed by atoms with Crippen LogP contribution < -0.4 is 0 Å². The number of hydrogen-bond acceptors (Lipinski definition) is 8. The number of carbonyl (C=O) groups excluding carboxylic acids is 5. The fourth-order valence-electron chi connectivity index (χ4n) is 3.34. The van der Waals surface area contributed by atoms with E-state index in [2.05, 4.69) is 0 Å². The molecule has 0 aromatic carbocycles. The summed E-state index contributed by atoms with van der Waals surface area (Å²) in [4.78, 5) is 62.3. The molecular formula is C17H21NO9S. The molecular weight excluding hydrogens is 394 g/mol. The number of allylic oxidation sites excluding steroid dienone is 2. The molecule has 2 rings (SSSR count). The van der Waals surface area contributed by atoms with Crippen LogP contribution in [0.3, 0.4) is 0 Å². The highest BCUT2D eigenvalue weighted by molar-refractivity contribution is 7.87. The number of hydroxylamine groups is 2. The normalized spacial score (nSPS) is 25.9. The number of nitrogens with zero attached hydrogens (tertiary/aromatic N) is 1. The van der Waals surface area contributed by atoms with E-state index in [9.17, 15) is 32.4 Å². The van der Waals surface area contributed by atoms with Gasteiger partial charge in [0.15, 0.2) is 11.0 Å². The van der Waals surface area contributed by atoms with E-state index in [0.29, 0.717) is 44.8 Å². The Hall–Kier alpha value is -2.40. The third-order valence-corrected chi connectivity index (χ3v) is 6.03. The van der Waals surface area contributed by atoms with Crippen LogP contribution in [0.15, 0.2) is 12.2 Å². The van der Waals surface area contributed by atoms with E-state index in [1.807, 2.05) is 0 Å². The Bertz CT molecular complexity index is 793. The zero-order chi connectivity index (χ0) is 20.9. The lowest BCUT2D eigenvalue weighted by Crippen LogP contribution is -2.38. The number of amides is 2. The summed E-state index contributed by atoms with van der Waals surface area (Å²) in [6.07, 6.45) is 5.25. The summed E-state index contributed by atoms with van der Waals surface area (Å²) in [5.74, 6) is -3.55. The van der Waals surface area contributed by atoms with Crippen molar-refractivity contribution < 1.29 is 41.8 Å². The molecule has 1 heterocycles. The van der Waals surface area contributed by atoms with Gasteiger partial charge < -0.3 is 4.84 Å². The smallest absolute Gasteiger partial charge is 0.330 e. The molecule has 1 N–H and O–H groups in total. The van der Waals surface area contributed by atoms with Crippen LogP contribution in [0, 0.1) is 11.8 Å². The number of rotatable bonds is 8. The van der Waals surface area contributed by atoms with Crippen LogP contribution in [0.2, 0.25) is 0 Å². The van der Waals surface area contributed by atoms with E-state index >= 15 is 0 Å². The van der Waals surface area contributed by atoms with Crippen molar-refractivity contribution in [1.82, 2.24) is 5.06 Å². The van der Waals surface area contributed by atoms with Gasteiger partial charge in [-0.05, 0) is 50.2 Å². The molecule has 2 amide bonds. The minimum atomic E-state index is -4.76. The quantitative estimate of drug-likeness (QED) is 0.256. The summed E-state index contributed by atoms with van der Waals surface area (Å²) < 4.78 is 31.2. The van der Waals surface area contributed by atoms with Gasteiger partial charge in [-0.15, -0.1) is 5.06 Å². The molecule has 10 nitrogen and oxygen atoms in total. The first-order valence-electron chi connectivity index (χ1n) is 8.83. The first kappa shape index (κ1) is 21.9. The standard InChI is InChI=1S/C17H21NO9S/c19-9-1-2-13(20)8-5-11-3-6-12(7-4-11)17(23)27-18-15(21)10-14(16(18)22)28(24,25)26/h1-2,9,11-12,14H,3-8,10H2,(H,24,25,26)/b2-1-. The molecule has 0 radical (unpaired) electrons. The highest BCUT2D eigenvalue weighted by atomic mass is 32.2. The third kappa shape index (κ3) is 5.55. The molecule has 1 saturated heterocycles. The molecule has 2 aliphatic rings. The average Bonchev–Trinajstić information content (AvgIpc) is 2.93. The van der Waals surface area contributed by atoms with Gasteiger partial charge in [0.1, 0.15) is 6.29 Å². The first-order chi connectivity index (χ1) is 13.1. The van der Waals surface area contributed by atoms with Crippen LogP contribution in [0.1, 0.15) is 44.9 Å². The number of carbonyl (C=O) groups is 5. The van der Waals surface area contributed by atoms with E-state index in [0.717, 1.165) is 6.08 Å². The summed E-state index contributed by atoms with van der Waals surface area (Å²) in [5.41, 5.74) is 0. The molecule has 0 aromatic heterocycles. The molecule has 1 saturated carbocycles. The van der Waals surface area contributed by atoms with Gasteiger partial charge >= 0.3 is 5.97 Å². The number of hydrogen-bond donors (Lipinski definition) is 1. The molecule has 0 bridgehead atoms. The van der Waals surface area contributed by atoms with Crippen LogP contribution in [-0.4, -0.2) is 53.1 Å². The van der Waals surface area contributed by atoms with Gasteiger partial charge in [0.25, 0.3) is 21.9 Å². The topological polar surface area (TPSA) is 152 Å². The minimum absolute atomic E-state index is 0.116. The number of imide groups is 1. The molecule has 1 aliphatic heterocycles. The van der Waals surface area contributed by atoms with Crippen molar-refractivity contribution in [3.8, 4) is 0 Å². The van der Waals surface area contributed by atoms with E-state index in [4.69, 9.17) is 9.39 Å². The summed E-state index contributed by atoms with van der Waals surface area (Å²) in [6.45, 7) is 0. The van der Waals surface area contributed by atoms with Gasteiger partial charge in [-0.3, -0.25) is 23.7 Å². The molecule has 28 heavy (non-hydrogen) atoms. The molecule has 154 valence electrons. The van der Waals surface area contributed by atoms with Crippen molar-refractivity contribution in [2.75, 3.05) is 0 Å². The van der Waals surface area contributed by atoms with E-state index < -0.39 is 45.5 Å². The second-order valence-corrected chi connectivity index (χ2v) is 8.46. The zero-order valence-electron chi connectivity index (χ0n) is 15.0. The van der Waals surface area contributed by atoms with E-state index in [1.54, 1.807) is 0 Å². The zero-order valence-corrected chi connectivity index (χ0v) is 15.8. The molecule has 11 heteroatoms. The molecule has 0 spiro atoms. The van der Waals surface area contributed by atoms with Crippen LogP contribution in [-0.2, 0) is 38.9 Å². The Labute approximate surface area is 161 Å². The predicted octanol–water partition coefficient (Wildman–Crippen LogP) is 0.371. The van der Waals surface area contributed by atoms with Crippen molar-refractivity contribution >= 4 is 40.0 Å². The lowest BCUT2D eigenvalue weighted by atomic mass is 9.80. The highest BCUT2D eigenvalue weighted by Crippen LogP contribution is 2.33. The summed E-state index contributed by atoms with van der Waals surface area (Å²) in [5, 5.41) is -1.83.